The lowest BCUT2D eigenvalue weighted by atomic mass is 9.59. The highest BCUT2D eigenvalue weighted by Gasteiger charge is 2.47. The maximum atomic E-state index is 11.2. The van der Waals surface area contributed by atoms with E-state index in [2.05, 4.69) is 24.3 Å². The van der Waals surface area contributed by atoms with Gasteiger partial charge in [-0.15, -0.1) is 0 Å². The largest absolute Gasteiger partial charge is 0.390 e. The van der Waals surface area contributed by atoms with Crippen LogP contribution >= 0.6 is 0 Å². The molecule has 0 radical (unpaired) electrons. The summed E-state index contributed by atoms with van der Waals surface area (Å²) in [6.45, 7) is 0. The van der Waals surface area contributed by atoms with Crippen LogP contribution < -0.4 is 0 Å². The predicted molar refractivity (Wildman–Crippen MR) is 100 cm³/mol. The molecule has 2 aliphatic carbocycles. The summed E-state index contributed by atoms with van der Waals surface area (Å²) in [4.78, 5) is 0. The van der Waals surface area contributed by atoms with E-state index in [4.69, 9.17) is 0 Å². The summed E-state index contributed by atoms with van der Waals surface area (Å²) in [7, 11) is 0. The third kappa shape index (κ3) is 3.96. The third-order valence-corrected chi connectivity index (χ3v) is 6.09. The highest BCUT2D eigenvalue weighted by Crippen LogP contribution is 2.49. The van der Waals surface area contributed by atoms with Crippen molar-refractivity contribution in [1.82, 2.24) is 0 Å². The highest BCUT2D eigenvalue weighted by atomic mass is 16.3. The van der Waals surface area contributed by atoms with Crippen LogP contribution in [-0.4, -0.2) is 21.4 Å². The van der Waals surface area contributed by atoms with E-state index in [1.54, 1.807) is 0 Å². The molecule has 2 N–H and O–H groups in total. The molecule has 2 saturated carbocycles. The Morgan fingerprint density at radius 3 is 1.36 bits per heavy atom. The monoisotopic (exact) mass is 336 g/mol. The van der Waals surface area contributed by atoms with Crippen molar-refractivity contribution in [2.45, 2.75) is 56.1 Å². The van der Waals surface area contributed by atoms with Gasteiger partial charge in [-0.1, -0.05) is 60.7 Å². The summed E-state index contributed by atoms with van der Waals surface area (Å²) in [5.74, 6) is 0.852. The molecule has 0 atom stereocenters. The fourth-order valence-corrected chi connectivity index (χ4v) is 5.51. The van der Waals surface area contributed by atoms with Gasteiger partial charge in [0, 0.05) is 12.8 Å². The molecule has 0 aromatic heterocycles. The molecule has 2 aliphatic rings. The van der Waals surface area contributed by atoms with Crippen LogP contribution in [0.25, 0.3) is 0 Å². The topological polar surface area (TPSA) is 40.5 Å². The second kappa shape index (κ2) is 6.59. The predicted octanol–water partition coefficient (Wildman–Crippen LogP) is 4.14. The van der Waals surface area contributed by atoms with E-state index in [-0.39, 0.29) is 0 Å². The summed E-state index contributed by atoms with van der Waals surface area (Å²) in [6, 6.07) is 20.6. The molecule has 0 spiro atoms. The highest BCUT2D eigenvalue weighted by molar-refractivity contribution is 5.20. The van der Waals surface area contributed by atoms with E-state index in [0.29, 0.717) is 11.8 Å². The van der Waals surface area contributed by atoms with E-state index in [1.165, 1.54) is 11.1 Å². The van der Waals surface area contributed by atoms with Crippen molar-refractivity contribution in [3.63, 3.8) is 0 Å². The van der Waals surface area contributed by atoms with Gasteiger partial charge in [0.1, 0.15) is 0 Å². The van der Waals surface area contributed by atoms with Crippen molar-refractivity contribution < 1.29 is 10.2 Å². The zero-order chi connectivity index (χ0) is 17.3. The molecular weight excluding hydrogens is 308 g/mol. The zero-order valence-electron chi connectivity index (χ0n) is 14.8. The molecule has 2 nitrogen and oxygen atoms in total. The van der Waals surface area contributed by atoms with Gasteiger partial charge in [-0.25, -0.2) is 0 Å². The van der Waals surface area contributed by atoms with Crippen LogP contribution in [0.4, 0.5) is 0 Å². The number of aliphatic hydroxyl groups is 2. The lowest BCUT2D eigenvalue weighted by Crippen LogP contribution is -2.50. The summed E-state index contributed by atoms with van der Waals surface area (Å²) in [6.07, 6.45) is 5.89. The van der Waals surface area contributed by atoms with Gasteiger partial charge >= 0.3 is 0 Å². The van der Waals surface area contributed by atoms with Gasteiger partial charge in [-0.2, -0.15) is 0 Å². The van der Waals surface area contributed by atoms with Crippen molar-refractivity contribution in [3.05, 3.63) is 71.8 Å². The van der Waals surface area contributed by atoms with Gasteiger partial charge in [0.15, 0.2) is 0 Å². The maximum Gasteiger partial charge on any atom is 0.0693 e. The van der Waals surface area contributed by atoms with E-state index in [1.807, 2.05) is 36.4 Å². The Morgan fingerprint density at radius 1 is 0.640 bits per heavy atom. The number of fused-ring (bicyclic) bond motifs is 2. The van der Waals surface area contributed by atoms with Gasteiger partial charge < -0.3 is 10.2 Å². The number of benzene rings is 2. The fourth-order valence-electron chi connectivity index (χ4n) is 5.51. The van der Waals surface area contributed by atoms with Gasteiger partial charge in [-0.05, 0) is 55.1 Å². The van der Waals surface area contributed by atoms with Crippen LogP contribution in [0.5, 0.6) is 0 Å². The first-order chi connectivity index (χ1) is 12.0. The fraction of sp³-hybridized carbons (Fsp3) is 0.478. The first kappa shape index (κ1) is 16.8. The van der Waals surface area contributed by atoms with Crippen molar-refractivity contribution in [2.24, 2.45) is 11.8 Å². The first-order valence-electron chi connectivity index (χ1n) is 9.55. The molecule has 0 heterocycles. The molecule has 4 rings (SSSR count). The maximum absolute atomic E-state index is 11.2. The van der Waals surface area contributed by atoms with Crippen LogP contribution in [0.1, 0.15) is 43.2 Å². The Hall–Kier alpha value is -1.64. The normalized spacial score (nSPS) is 34.6. The minimum absolute atomic E-state index is 0.426. The van der Waals surface area contributed by atoms with Crippen molar-refractivity contribution in [2.75, 3.05) is 0 Å². The molecule has 25 heavy (non-hydrogen) atoms. The molecular formula is C23H28O2. The summed E-state index contributed by atoms with van der Waals surface area (Å²) in [5, 5.41) is 22.4. The number of hydrogen-bond donors (Lipinski definition) is 2. The Kier molecular flexibility index (Phi) is 4.43. The average Bonchev–Trinajstić information content (AvgIpc) is 2.54. The summed E-state index contributed by atoms with van der Waals surface area (Å²) in [5.41, 5.74) is 1.21. The molecule has 0 saturated heterocycles. The van der Waals surface area contributed by atoms with Crippen molar-refractivity contribution in [1.29, 1.82) is 0 Å². The van der Waals surface area contributed by atoms with Gasteiger partial charge in [-0.3, -0.25) is 0 Å². The van der Waals surface area contributed by atoms with Crippen molar-refractivity contribution in [3.8, 4) is 0 Å². The van der Waals surface area contributed by atoms with Crippen molar-refractivity contribution >= 4 is 0 Å². The molecule has 132 valence electrons. The molecule has 2 heteroatoms. The van der Waals surface area contributed by atoms with Crippen LogP contribution in [0, 0.1) is 11.8 Å². The van der Waals surface area contributed by atoms with E-state index in [0.717, 1.165) is 44.9 Å². The van der Waals surface area contributed by atoms with Gasteiger partial charge in [0.2, 0.25) is 0 Å². The second-order valence-electron chi connectivity index (χ2n) is 8.56. The standard InChI is InChI=1S/C23H28O2/c24-22(12-18-7-3-1-4-8-18)14-20-11-21(15-22)17-23(25,16-20)13-19-9-5-2-6-10-19/h1-10,20-21,24-25H,11-17H2. The molecule has 0 amide bonds. The van der Waals surface area contributed by atoms with Gasteiger partial charge in [0.25, 0.3) is 0 Å². The second-order valence-corrected chi connectivity index (χ2v) is 8.56. The van der Waals surface area contributed by atoms with Gasteiger partial charge in [0.05, 0.1) is 11.2 Å². The molecule has 0 aliphatic heterocycles. The van der Waals surface area contributed by atoms with E-state index < -0.39 is 11.2 Å². The van der Waals surface area contributed by atoms with E-state index in [9.17, 15) is 10.2 Å². The Bertz CT molecular complexity index is 621. The third-order valence-electron chi connectivity index (χ3n) is 6.09. The summed E-state index contributed by atoms with van der Waals surface area (Å²) >= 11 is 0. The SMILES string of the molecule is OC1(Cc2ccccc2)CC2CC(C1)CC(O)(Cc1ccccc1)C2. The van der Waals surface area contributed by atoms with Crippen LogP contribution in [0.3, 0.4) is 0 Å². The average molecular weight is 336 g/mol. The van der Waals surface area contributed by atoms with E-state index >= 15 is 0 Å². The molecule has 0 unspecified atom stereocenters. The number of hydrogen-bond acceptors (Lipinski definition) is 2. The Morgan fingerprint density at radius 2 is 1.00 bits per heavy atom. The quantitative estimate of drug-likeness (QED) is 0.881. The van der Waals surface area contributed by atoms with Crippen LogP contribution in [-0.2, 0) is 12.8 Å². The minimum Gasteiger partial charge on any atom is -0.390 e. The molecule has 2 bridgehead atoms. The Balaban J connectivity index is 1.45. The molecule has 2 aromatic rings. The molecule has 2 aromatic carbocycles. The van der Waals surface area contributed by atoms with Crippen LogP contribution in [0.2, 0.25) is 0 Å². The first-order valence-corrected chi connectivity index (χ1v) is 9.55. The Labute approximate surface area is 150 Å². The minimum atomic E-state index is -0.608. The van der Waals surface area contributed by atoms with Crippen LogP contribution in [0.15, 0.2) is 60.7 Å². The molecule has 2 fully saturated rings. The summed E-state index contributed by atoms with van der Waals surface area (Å²) < 4.78 is 0. The lowest BCUT2D eigenvalue weighted by molar-refractivity contribution is -0.111. The smallest absolute Gasteiger partial charge is 0.0693 e. The zero-order valence-corrected chi connectivity index (χ0v) is 14.8. The lowest BCUT2D eigenvalue weighted by Gasteiger charge is -2.50. The number of rotatable bonds is 4.